The number of ether oxygens (including phenoxy) is 4. The van der Waals surface area contributed by atoms with Crippen LogP contribution in [0.25, 0.3) is 0 Å². The summed E-state index contributed by atoms with van der Waals surface area (Å²) >= 11 is 0. The molecular formula is C38H38N4O12S. The van der Waals surface area contributed by atoms with Crippen LogP contribution < -0.4 is 10.1 Å². The average Bonchev–Trinajstić information content (AvgIpc) is 3.62. The molecule has 288 valence electrons. The first-order valence-corrected chi connectivity index (χ1v) is 18.6. The molecule has 2 amide bonds. The van der Waals surface area contributed by atoms with E-state index in [1.165, 1.54) is 43.2 Å². The molecule has 3 aromatic rings. The molecule has 2 saturated heterocycles. The smallest absolute Gasteiger partial charge is 0.307 e. The number of likely N-dealkylation sites (tertiary alicyclic amines) is 1. The van der Waals surface area contributed by atoms with Crippen LogP contribution in [-0.2, 0) is 50.0 Å². The summed E-state index contributed by atoms with van der Waals surface area (Å²) in [5, 5.41) is 14.9. The van der Waals surface area contributed by atoms with Crippen molar-refractivity contribution in [3.05, 3.63) is 125 Å². The van der Waals surface area contributed by atoms with Crippen LogP contribution in [0, 0.1) is 16.0 Å². The minimum absolute atomic E-state index is 0.0225. The van der Waals surface area contributed by atoms with Crippen molar-refractivity contribution in [2.45, 2.75) is 55.1 Å². The minimum atomic E-state index is -4.72. The zero-order valence-electron chi connectivity index (χ0n) is 30.0. The lowest BCUT2D eigenvalue weighted by molar-refractivity contribution is -0.387. The van der Waals surface area contributed by atoms with E-state index in [1.807, 2.05) is 6.07 Å². The number of nitro groups is 1. The largest absolute Gasteiger partial charge is 0.497 e. The first-order chi connectivity index (χ1) is 26.3. The summed E-state index contributed by atoms with van der Waals surface area (Å²) < 4.78 is 52.6. The third-order valence-electron chi connectivity index (χ3n) is 9.72. The van der Waals surface area contributed by atoms with Crippen LogP contribution in [0.4, 0.5) is 5.69 Å². The zero-order valence-corrected chi connectivity index (χ0v) is 30.8. The number of nitro benzene ring substituents is 1. The molecule has 6 atom stereocenters. The lowest BCUT2D eigenvalue weighted by Gasteiger charge is -2.38. The van der Waals surface area contributed by atoms with Gasteiger partial charge in [-0.2, -0.15) is 4.31 Å². The Morgan fingerprint density at radius 2 is 1.73 bits per heavy atom. The summed E-state index contributed by atoms with van der Waals surface area (Å²) in [4.78, 5) is 66.1. The fraction of sp³-hybridized carbons (Fsp3) is 0.316. The van der Waals surface area contributed by atoms with E-state index >= 15 is 4.79 Å². The molecule has 0 spiro atoms. The fourth-order valence-electron chi connectivity index (χ4n) is 7.41. The standard InChI is InChI=1S/C38H38N4O12S/c1-24(43)52-21-19-38-33(34-31(54-38)13-9-20-40(34)55(49,50)32-14-8-7-12-29(32)42(47)48)37(46)41(35(38)36(45)39-22-26-10-5-4-6-11-26)30(23-53-25(2)44)27-15-17-28(51-3)18-16-27/h4-19,21,30-31,33-35H,20,22-23H2,1-3H3,(H,39,45)/b21-19+/t30-,31-,33+,34+,35-,38+/m0/s1. The van der Waals surface area contributed by atoms with Crippen LogP contribution in [0.3, 0.4) is 0 Å². The molecule has 1 N–H and O–H groups in total. The van der Waals surface area contributed by atoms with E-state index in [4.69, 9.17) is 18.9 Å². The number of nitrogens with one attached hydrogen (secondary N) is 1. The molecule has 17 heteroatoms. The van der Waals surface area contributed by atoms with E-state index in [2.05, 4.69) is 5.32 Å². The van der Waals surface area contributed by atoms with Gasteiger partial charge in [-0.15, -0.1) is 0 Å². The second-order valence-corrected chi connectivity index (χ2v) is 14.8. The maximum atomic E-state index is 15.3. The maximum absolute atomic E-state index is 15.3. The molecule has 3 aliphatic heterocycles. The summed E-state index contributed by atoms with van der Waals surface area (Å²) in [5.41, 5.74) is -1.54. The number of hydrogen-bond acceptors (Lipinski definition) is 12. The highest BCUT2D eigenvalue weighted by molar-refractivity contribution is 7.89. The van der Waals surface area contributed by atoms with Crippen molar-refractivity contribution in [2.75, 3.05) is 20.3 Å². The molecule has 0 aliphatic carbocycles. The number of amides is 2. The van der Waals surface area contributed by atoms with Crippen LogP contribution >= 0.6 is 0 Å². The summed E-state index contributed by atoms with van der Waals surface area (Å²) in [6.07, 6.45) is 4.14. The van der Waals surface area contributed by atoms with Gasteiger partial charge in [-0.1, -0.05) is 66.7 Å². The molecule has 2 fully saturated rings. The molecule has 0 aromatic heterocycles. The Hall–Kier alpha value is -5.91. The van der Waals surface area contributed by atoms with E-state index in [-0.39, 0.29) is 13.1 Å². The van der Waals surface area contributed by atoms with Crippen LogP contribution in [0.15, 0.2) is 108 Å². The van der Waals surface area contributed by atoms with Crippen molar-refractivity contribution >= 4 is 39.5 Å². The second kappa shape index (κ2) is 15.8. The molecular weight excluding hydrogens is 737 g/mol. The first kappa shape index (κ1) is 38.8. The molecule has 16 nitrogen and oxygen atoms in total. The second-order valence-electron chi connectivity index (χ2n) is 13.0. The topological polar surface area (TPSA) is 201 Å². The predicted octanol–water partition coefficient (Wildman–Crippen LogP) is 3.19. The maximum Gasteiger partial charge on any atom is 0.307 e. The van der Waals surface area contributed by atoms with Crippen molar-refractivity contribution in [1.82, 2.24) is 14.5 Å². The predicted molar refractivity (Wildman–Crippen MR) is 193 cm³/mol. The number of benzene rings is 3. The minimum Gasteiger partial charge on any atom is -0.497 e. The summed E-state index contributed by atoms with van der Waals surface area (Å²) in [5.74, 6) is -3.89. The molecule has 0 saturated carbocycles. The third kappa shape index (κ3) is 7.45. The lowest BCUT2D eigenvalue weighted by Crippen LogP contribution is -2.56. The van der Waals surface area contributed by atoms with E-state index in [0.29, 0.717) is 11.3 Å². The van der Waals surface area contributed by atoms with Gasteiger partial charge in [0, 0.05) is 33.0 Å². The van der Waals surface area contributed by atoms with E-state index < -0.39 is 91.6 Å². The SMILES string of the molecule is COc1ccc([C@H](COC(C)=O)N2C(=O)[C@H]3[C@H]4[C@H](C=CCN4S(=O)(=O)c4ccccc4[N+](=O)[O-])O[C@@]3(/C=C/OC(C)=O)[C@@H]2C(=O)NCc2ccccc2)cc1. The number of hydrogen-bond donors (Lipinski definition) is 1. The number of fused-ring (bicyclic) bond motifs is 3. The molecule has 0 unspecified atom stereocenters. The number of esters is 2. The Kier molecular flexibility index (Phi) is 11.2. The first-order valence-electron chi connectivity index (χ1n) is 17.2. The summed E-state index contributed by atoms with van der Waals surface area (Å²) in [7, 11) is -3.25. The summed E-state index contributed by atoms with van der Waals surface area (Å²) in [6, 6.07) is 16.2. The molecule has 3 aliphatic rings. The number of carbonyl (C=O) groups excluding carboxylic acids is 4. The number of rotatable bonds is 13. The van der Waals surface area contributed by atoms with Crippen LogP contribution in [-0.4, -0.2) is 90.3 Å². The fourth-order valence-corrected chi connectivity index (χ4v) is 9.16. The van der Waals surface area contributed by atoms with Gasteiger partial charge in [0.2, 0.25) is 11.8 Å². The molecule has 0 radical (unpaired) electrons. The van der Waals surface area contributed by atoms with Crippen LogP contribution in [0.5, 0.6) is 5.75 Å². The van der Waals surface area contributed by atoms with E-state index in [9.17, 15) is 32.9 Å². The number of sulfonamides is 1. The number of methoxy groups -OCH3 is 1. The zero-order chi connectivity index (χ0) is 39.5. The van der Waals surface area contributed by atoms with Crippen molar-refractivity contribution in [2.24, 2.45) is 5.92 Å². The quantitative estimate of drug-likeness (QED) is 0.0876. The van der Waals surface area contributed by atoms with Gasteiger partial charge in [0.15, 0.2) is 4.90 Å². The van der Waals surface area contributed by atoms with Crippen molar-refractivity contribution in [3.8, 4) is 5.75 Å². The van der Waals surface area contributed by atoms with Gasteiger partial charge in [0.05, 0.1) is 42.4 Å². The summed E-state index contributed by atoms with van der Waals surface area (Å²) in [6.45, 7) is 1.64. The Bertz CT molecular complexity index is 2140. The van der Waals surface area contributed by atoms with Crippen LogP contribution in [0.1, 0.15) is 31.0 Å². The Balaban J connectivity index is 1.55. The normalized spacial score (nSPS) is 23.8. The highest BCUT2D eigenvalue weighted by Crippen LogP contribution is 2.54. The Morgan fingerprint density at radius 3 is 2.38 bits per heavy atom. The third-order valence-corrected chi connectivity index (χ3v) is 11.6. The van der Waals surface area contributed by atoms with Crippen molar-refractivity contribution in [1.29, 1.82) is 0 Å². The van der Waals surface area contributed by atoms with E-state index in [0.717, 1.165) is 35.2 Å². The average molecular weight is 775 g/mol. The van der Waals surface area contributed by atoms with Gasteiger partial charge in [0.1, 0.15) is 24.0 Å². The van der Waals surface area contributed by atoms with E-state index in [1.54, 1.807) is 54.6 Å². The molecule has 55 heavy (non-hydrogen) atoms. The molecule has 6 rings (SSSR count). The molecule has 3 aromatic carbocycles. The van der Waals surface area contributed by atoms with Gasteiger partial charge in [0.25, 0.3) is 15.7 Å². The van der Waals surface area contributed by atoms with Gasteiger partial charge in [-0.25, -0.2) is 8.42 Å². The number of carbonyl (C=O) groups is 4. The van der Waals surface area contributed by atoms with Gasteiger partial charge < -0.3 is 29.2 Å². The van der Waals surface area contributed by atoms with Crippen molar-refractivity contribution in [3.63, 3.8) is 0 Å². The van der Waals surface area contributed by atoms with Crippen LogP contribution in [0.2, 0.25) is 0 Å². The lowest BCUT2D eigenvalue weighted by atomic mass is 9.81. The highest BCUT2D eigenvalue weighted by Gasteiger charge is 2.72. The monoisotopic (exact) mass is 774 g/mol. The van der Waals surface area contributed by atoms with Crippen molar-refractivity contribution < 1.29 is 51.5 Å². The van der Waals surface area contributed by atoms with Gasteiger partial charge in [-0.05, 0) is 35.4 Å². The van der Waals surface area contributed by atoms with Gasteiger partial charge >= 0.3 is 11.9 Å². The number of para-hydroxylation sites is 1. The number of nitrogens with zero attached hydrogens (tertiary/aromatic N) is 3. The molecule has 0 bridgehead atoms. The Labute approximate surface area is 316 Å². The van der Waals surface area contributed by atoms with Gasteiger partial charge in [-0.3, -0.25) is 29.3 Å². The highest BCUT2D eigenvalue weighted by atomic mass is 32.2. The molecule has 3 heterocycles. The Morgan fingerprint density at radius 1 is 1.04 bits per heavy atom.